The van der Waals surface area contributed by atoms with Crippen molar-refractivity contribution in [3.05, 3.63) is 60.1 Å². The van der Waals surface area contributed by atoms with Crippen LogP contribution in [0.1, 0.15) is 13.4 Å². The van der Waals surface area contributed by atoms with Gasteiger partial charge in [0, 0.05) is 20.6 Å². The Morgan fingerprint density at radius 3 is 2.67 bits per heavy atom. The molecule has 2 aliphatic rings. The molecule has 1 N–H and O–H groups in total. The van der Waals surface area contributed by atoms with E-state index in [0.29, 0.717) is 0 Å². The van der Waals surface area contributed by atoms with Crippen LogP contribution in [0.5, 0.6) is 5.75 Å². The molecular formula is C24H24F4N4O6S. The van der Waals surface area contributed by atoms with Crippen molar-refractivity contribution in [3.63, 3.8) is 0 Å². The van der Waals surface area contributed by atoms with E-state index in [-0.39, 0.29) is 49.3 Å². The lowest BCUT2D eigenvalue weighted by molar-refractivity contribution is -0.137. The van der Waals surface area contributed by atoms with E-state index >= 15 is 4.39 Å². The Labute approximate surface area is 221 Å². The molecule has 3 heterocycles. The second-order valence-corrected chi connectivity index (χ2v) is 10.6. The average molecular weight is 573 g/mol. The van der Waals surface area contributed by atoms with Crippen LogP contribution < -0.4 is 14.4 Å². The standard InChI is InChI=1S/C24H22F4N4O6S.H2/c1-36-19-11-15(14-3-2-4-16(9-14)24(26,27)28)10-17(25)23(19)32-18-5-7-31(12-20(18)37-13-22(32)33)39(34,35)30-21-6-8-38-29-21;/h2-4,6,8-11,18,20H,5,7,12-13H2,1H3,(H,29,30);1H/t18-,20-;/m0./s1. The van der Waals surface area contributed by atoms with E-state index in [2.05, 4.69) is 14.4 Å². The van der Waals surface area contributed by atoms with Crippen LogP contribution in [0.25, 0.3) is 11.1 Å². The summed E-state index contributed by atoms with van der Waals surface area (Å²) in [7, 11) is -2.77. The summed E-state index contributed by atoms with van der Waals surface area (Å²) in [6.45, 7) is -0.592. The average Bonchev–Trinajstić information content (AvgIpc) is 3.40. The number of alkyl halides is 3. The minimum atomic E-state index is -4.58. The van der Waals surface area contributed by atoms with E-state index in [1.807, 2.05) is 0 Å². The Bertz CT molecular complexity index is 1490. The van der Waals surface area contributed by atoms with Gasteiger partial charge in [0.1, 0.15) is 24.3 Å². The monoisotopic (exact) mass is 572 g/mol. The van der Waals surface area contributed by atoms with Crippen molar-refractivity contribution < 1.29 is 46.2 Å². The maximum atomic E-state index is 15.6. The van der Waals surface area contributed by atoms with E-state index < -0.39 is 52.4 Å². The lowest BCUT2D eigenvalue weighted by Gasteiger charge is -2.46. The Balaban J connectivity index is 0.00000370. The molecule has 2 fully saturated rings. The smallest absolute Gasteiger partial charge is 0.416 e. The summed E-state index contributed by atoms with van der Waals surface area (Å²) in [4.78, 5) is 14.1. The highest BCUT2D eigenvalue weighted by atomic mass is 32.2. The highest BCUT2D eigenvalue weighted by Gasteiger charge is 2.45. The third-order valence-corrected chi connectivity index (χ3v) is 8.01. The minimum Gasteiger partial charge on any atom is -0.494 e. The van der Waals surface area contributed by atoms with Crippen LogP contribution in [0, 0.1) is 5.82 Å². The van der Waals surface area contributed by atoms with Gasteiger partial charge >= 0.3 is 16.4 Å². The van der Waals surface area contributed by atoms with Crippen molar-refractivity contribution in [2.75, 3.05) is 36.4 Å². The van der Waals surface area contributed by atoms with Crippen molar-refractivity contribution in [2.45, 2.75) is 24.7 Å². The molecule has 10 nitrogen and oxygen atoms in total. The van der Waals surface area contributed by atoms with Crippen LogP contribution in [0.15, 0.2) is 53.3 Å². The van der Waals surface area contributed by atoms with Gasteiger partial charge in [-0.2, -0.15) is 25.9 Å². The number of carbonyl (C=O) groups is 1. The number of ether oxygens (including phenoxy) is 2. The quantitative estimate of drug-likeness (QED) is 0.446. The molecule has 2 aromatic carbocycles. The summed E-state index contributed by atoms with van der Waals surface area (Å²) in [6, 6.07) is 7.42. The van der Waals surface area contributed by atoms with Gasteiger partial charge in [-0.3, -0.25) is 14.4 Å². The van der Waals surface area contributed by atoms with E-state index in [4.69, 9.17) is 9.47 Å². The first-order valence-corrected chi connectivity index (χ1v) is 13.1. The van der Waals surface area contributed by atoms with Gasteiger partial charge in [0.25, 0.3) is 5.91 Å². The molecular weight excluding hydrogens is 548 g/mol. The summed E-state index contributed by atoms with van der Waals surface area (Å²) in [5, 5.41) is 3.53. The highest BCUT2D eigenvalue weighted by Crippen LogP contribution is 2.41. The van der Waals surface area contributed by atoms with Crippen molar-refractivity contribution >= 4 is 27.6 Å². The van der Waals surface area contributed by atoms with Crippen LogP contribution >= 0.6 is 0 Å². The molecule has 39 heavy (non-hydrogen) atoms. The summed E-state index contributed by atoms with van der Waals surface area (Å²) in [5.74, 6) is -1.54. The van der Waals surface area contributed by atoms with Crippen LogP contribution in [0.3, 0.4) is 0 Å². The number of morpholine rings is 1. The topological polar surface area (TPSA) is 114 Å². The number of hydrogen-bond acceptors (Lipinski definition) is 7. The molecule has 2 saturated heterocycles. The number of nitrogens with one attached hydrogen (secondary N) is 1. The molecule has 210 valence electrons. The summed E-state index contributed by atoms with van der Waals surface area (Å²) >= 11 is 0. The molecule has 0 saturated carbocycles. The predicted molar refractivity (Wildman–Crippen MR) is 132 cm³/mol. The number of carbonyl (C=O) groups excluding carboxylic acids is 1. The molecule has 2 aliphatic heterocycles. The minimum absolute atomic E-state index is 0. The zero-order chi connectivity index (χ0) is 27.9. The largest absolute Gasteiger partial charge is 0.494 e. The second-order valence-electron chi connectivity index (χ2n) is 8.91. The molecule has 3 aromatic rings. The Morgan fingerprint density at radius 1 is 1.18 bits per heavy atom. The number of nitrogens with zero attached hydrogens (tertiary/aromatic N) is 3. The molecule has 5 rings (SSSR count). The fourth-order valence-corrected chi connectivity index (χ4v) is 5.93. The number of benzene rings is 2. The number of rotatable bonds is 6. The Morgan fingerprint density at radius 2 is 1.97 bits per heavy atom. The van der Waals surface area contributed by atoms with E-state index in [1.165, 1.54) is 42.5 Å². The van der Waals surface area contributed by atoms with Gasteiger partial charge < -0.3 is 14.0 Å². The van der Waals surface area contributed by atoms with Crippen LogP contribution in [-0.4, -0.2) is 62.7 Å². The number of fused-ring (bicyclic) bond motifs is 1. The van der Waals surface area contributed by atoms with Crippen LogP contribution in [0.2, 0.25) is 0 Å². The fourth-order valence-electron chi connectivity index (χ4n) is 4.74. The maximum absolute atomic E-state index is 15.6. The number of anilines is 2. The van der Waals surface area contributed by atoms with E-state index in [9.17, 15) is 26.4 Å². The Hall–Kier alpha value is -3.69. The van der Waals surface area contributed by atoms with E-state index in [1.54, 1.807) is 0 Å². The normalized spacial score (nSPS) is 20.5. The van der Waals surface area contributed by atoms with Crippen molar-refractivity contribution in [2.24, 2.45) is 0 Å². The molecule has 0 spiro atoms. The number of halogens is 4. The summed E-state index contributed by atoms with van der Waals surface area (Å²) in [6.07, 6.45) is -4.06. The van der Waals surface area contributed by atoms with Gasteiger partial charge in [-0.15, -0.1) is 0 Å². The van der Waals surface area contributed by atoms with E-state index in [0.717, 1.165) is 22.5 Å². The van der Waals surface area contributed by atoms with Gasteiger partial charge in [0.2, 0.25) is 0 Å². The van der Waals surface area contributed by atoms with Crippen molar-refractivity contribution in [1.29, 1.82) is 0 Å². The van der Waals surface area contributed by atoms with Gasteiger partial charge in [0.05, 0.1) is 24.8 Å². The van der Waals surface area contributed by atoms with Gasteiger partial charge in [-0.1, -0.05) is 17.3 Å². The maximum Gasteiger partial charge on any atom is 0.416 e. The highest BCUT2D eigenvalue weighted by molar-refractivity contribution is 7.90. The van der Waals surface area contributed by atoms with Crippen molar-refractivity contribution in [3.8, 4) is 16.9 Å². The molecule has 0 radical (unpaired) electrons. The first-order valence-electron chi connectivity index (χ1n) is 11.6. The molecule has 0 bridgehead atoms. The second kappa shape index (κ2) is 10.1. The number of hydrogen-bond donors (Lipinski definition) is 1. The van der Waals surface area contributed by atoms with Gasteiger partial charge in [-0.05, 0) is 41.8 Å². The summed E-state index contributed by atoms with van der Waals surface area (Å²) in [5.41, 5.74) is -0.864. The first-order chi connectivity index (χ1) is 18.5. The van der Waals surface area contributed by atoms with Crippen molar-refractivity contribution in [1.82, 2.24) is 9.46 Å². The number of piperidine rings is 1. The van der Waals surface area contributed by atoms with Gasteiger partial charge in [0.15, 0.2) is 11.6 Å². The molecule has 15 heteroatoms. The van der Waals surface area contributed by atoms with Crippen LogP contribution in [0.4, 0.5) is 29.1 Å². The third-order valence-electron chi connectivity index (χ3n) is 6.53. The molecule has 1 amide bonds. The number of methoxy groups -OCH3 is 1. The molecule has 0 unspecified atom stereocenters. The molecule has 1 aromatic heterocycles. The number of aromatic nitrogens is 1. The lowest BCUT2D eigenvalue weighted by Crippen LogP contribution is -2.62. The third kappa shape index (κ3) is 5.29. The SMILES string of the molecule is COc1cc(-c2cccc(C(F)(F)F)c2)cc(F)c1N1C(=O)CO[C@H]2CN(S(=O)(=O)Nc3ccon3)CC[C@@H]21.[HH]. The first kappa shape index (κ1) is 26.9. The van der Waals surface area contributed by atoms with Crippen LogP contribution in [-0.2, 0) is 25.9 Å². The zero-order valence-corrected chi connectivity index (χ0v) is 21.1. The summed E-state index contributed by atoms with van der Waals surface area (Å²) < 4.78 is 99.9. The Kier molecular flexibility index (Phi) is 6.99. The zero-order valence-electron chi connectivity index (χ0n) is 20.3. The molecule has 0 aliphatic carbocycles. The lowest BCUT2D eigenvalue weighted by atomic mass is 9.97. The predicted octanol–water partition coefficient (Wildman–Crippen LogP) is 3.92. The fraction of sp³-hybridized carbons (Fsp3) is 0.333. The number of amides is 1. The molecule has 2 atom stereocenters. The van der Waals surface area contributed by atoms with Gasteiger partial charge in [-0.25, -0.2) is 4.39 Å².